The summed E-state index contributed by atoms with van der Waals surface area (Å²) >= 11 is 0. The van der Waals surface area contributed by atoms with E-state index in [0.717, 1.165) is 24.1 Å². The largest absolute Gasteiger partial charge is 0.508 e. The first-order valence-corrected chi connectivity index (χ1v) is 9.67. The molecular weight excluding hydrogens is 338 g/mol. The first-order chi connectivity index (χ1) is 11.8. The van der Waals surface area contributed by atoms with Gasteiger partial charge in [0.2, 0.25) is 15.7 Å². The third-order valence-electron chi connectivity index (χ3n) is 4.77. The fraction of sp³-hybridized carbons (Fsp3) is 0.316. The summed E-state index contributed by atoms with van der Waals surface area (Å²) in [4.78, 5) is 13.7. The van der Waals surface area contributed by atoms with Gasteiger partial charge in [-0.25, -0.2) is 8.42 Å². The third kappa shape index (κ3) is 3.39. The number of aromatic hydroxyl groups is 1. The van der Waals surface area contributed by atoms with Gasteiger partial charge >= 0.3 is 0 Å². The maximum absolute atomic E-state index is 12.7. The van der Waals surface area contributed by atoms with E-state index >= 15 is 0 Å². The number of hydrogen-bond donors (Lipinski definition) is 1. The van der Waals surface area contributed by atoms with E-state index in [2.05, 4.69) is 0 Å². The van der Waals surface area contributed by atoms with Gasteiger partial charge < -0.3 is 10.0 Å². The lowest BCUT2D eigenvalue weighted by Gasteiger charge is -2.16. The zero-order chi connectivity index (χ0) is 18.2. The summed E-state index contributed by atoms with van der Waals surface area (Å²) in [6.45, 7) is 4.90. The van der Waals surface area contributed by atoms with Crippen molar-refractivity contribution in [3.8, 4) is 5.75 Å². The highest BCUT2D eigenvalue weighted by molar-refractivity contribution is 7.91. The summed E-state index contributed by atoms with van der Waals surface area (Å²) in [6, 6.07) is 10.7. The van der Waals surface area contributed by atoms with Crippen molar-refractivity contribution in [2.24, 2.45) is 0 Å². The summed E-state index contributed by atoms with van der Waals surface area (Å²) < 4.78 is 25.5. The van der Waals surface area contributed by atoms with E-state index < -0.39 is 9.84 Å². The Labute approximate surface area is 147 Å². The average Bonchev–Trinajstić information content (AvgIpc) is 3.05. The molecule has 2 aromatic rings. The van der Waals surface area contributed by atoms with Crippen molar-refractivity contribution in [3.05, 3.63) is 53.6 Å². The lowest BCUT2D eigenvalue weighted by Crippen LogP contribution is -2.25. The van der Waals surface area contributed by atoms with E-state index in [1.54, 1.807) is 19.1 Å². The molecular formula is C19H21NO4S. The maximum Gasteiger partial charge on any atom is 0.219 e. The van der Waals surface area contributed by atoms with Crippen LogP contribution < -0.4 is 0 Å². The van der Waals surface area contributed by atoms with Crippen LogP contribution in [0.5, 0.6) is 5.75 Å². The molecule has 1 unspecified atom stereocenters. The second kappa shape index (κ2) is 6.52. The molecule has 0 bridgehead atoms. The fourth-order valence-corrected chi connectivity index (χ4v) is 4.68. The zero-order valence-electron chi connectivity index (χ0n) is 14.3. The van der Waals surface area contributed by atoms with Crippen LogP contribution >= 0.6 is 0 Å². The van der Waals surface area contributed by atoms with Crippen LogP contribution in [0, 0.1) is 6.92 Å². The molecule has 132 valence electrons. The number of rotatable bonds is 3. The van der Waals surface area contributed by atoms with Crippen LogP contribution in [0.15, 0.2) is 52.3 Å². The quantitative estimate of drug-likeness (QED) is 0.914. The normalized spacial score (nSPS) is 17.7. The molecule has 1 aliphatic heterocycles. The van der Waals surface area contributed by atoms with Gasteiger partial charge in [0.05, 0.1) is 9.79 Å². The van der Waals surface area contributed by atoms with E-state index in [1.165, 1.54) is 24.3 Å². The standard InChI is InChI=1S/C19H21NO4S/c1-13-11-18(25(23,24)17-5-3-16(22)4-6-17)7-8-19(13)15-9-10-20(12-15)14(2)21/h3-8,11,15,22H,9-10,12H2,1-2H3. The Morgan fingerprint density at radius 1 is 1.12 bits per heavy atom. The molecule has 0 radical (unpaired) electrons. The molecule has 0 spiro atoms. The Bertz CT molecular complexity index is 904. The molecule has 1 saturated heterocycles. The Morgan fingerprint density at radius 3 is 2.32 bits per heavy atom. The second-order valence-electron chi connectivity index (χ2n) is 6.47. The molecule has 1 aliphatic rings. The van der Waals surface area contributed by atoms with Gasteiger partial charge in [-0.3, -0.25) is 4.79 Å². The monoisotopic (exact) mass is 359 g/mol. The van der Waals surface area contributed by atoms with E-state index in [0.29, 0.717) is 6.54 Å². The number of carbonyl (C=O) groups excluding carboxylic acids is 1. The lowest BCUT2D eigenvalue weighted by molar-refractivity contribution is -0.127. The fourth-order valence-electron chi connectivity index (χ4n) is 3.33. The van der Waals surface area contributed by atoms with Gasteiger partial charge in [0.25, 0.3) is 0 Å². The highest BCUT2D eigenvalue weighted by atomic mass is 32.2. The van der Waals surface area contributed by atoms with E-state index in [1.807, 2.05) is 17.9 Å². The second-order valence-corrected chi connectivity index (χ2v) is 8.42. The first kappa shape index (κ1) is 17.5. The predicted molar refractivity (Wildman–Crippen MR) is 94.3 cm³/mol. The maximum atomic E-state index is 12.7. The highest BCUT2D eigenvalue weighted by Gasteiger charge is 2.27. The minimum atomic E-state index is -3.62. The summed E-state index contributed by atoms with van der Waals surface area (Å²) in [5.41, 5.74) is 2.00. The van der Waals surface area contributed by atoms with E-state index in [4.69, 9.17) is 0 Å². The molecule has 0 saturated carbocycles. The number of amides is 1. The number of hydrogen-bond acceptors (Lipinski definition) is 4. The summed E-state index contributed by atoms with van der Waals surface area (Å²) in [7, 11) is -3.62. The zero-order valence-corrected chi connectivity index (χ0v) is 15.1. The molecule has 6 heteroatoms. The molecule has 25 heavy (non-hydrogen) atoms. The van der Waals surface area contributed by atoms with Gasteiger partial charge in [0.15, 0.2) is 0 Å². The minimum Gasteiger partial charge on any atom is -0.508 e. The molecule has 1 fully saturated rings. The van der Waals surface area contributed by atoms with Crippen molar-refractivity contribution in [1.82, 2.24) is 4.90 Å². The van der Waals surface area contributed by atoms with Crippen molar-refractivity contribution in [2.45, 2.75) is 36.0 Å². The molecule has 1 amide bonds. The van der Waals surface area contributed by atoms with Gasteiger partial charge in [-0.1, -0.05) is 6.07 Å². The Morgan fingerprint density at radius 2 is 1.76 bits per heavy atom. The Hall–Kier alpha value is -2.34. The SMILES string of the molecule is CC(=O)N1CCC(c2ccc(S(=O)(=O)c3ccc(O)cc3)cc2C)C1. The van der Waals surface area contributed by atoms with Crippen LogP contribution in [-0.4, -0.2) is 37.4 Å². The summed E-state index contributed by atoms with van der Waals surface area (Å²) in [6.07, 6.45) is 0.893. The van der Waals surface area contributed by atoms with E-state index in [-0.39, 0.29) is 27.4 Å². The van der Waals surface area contributed by atoms with Gasteiger partial charge in [0.1, 0.15) is 5.75 Å². The Balaban J connectivity index is 1.89. The molecule has 2 aromatic carbocycles. The van der Waals surface area contributed by atoms with Crippen LogP contribution in [0.3, 0.4) is 0 Å². The van der Waals surface area contributed by atoms with Gasteiger partial charge in [-0.2, -0.15) is 0 Å². The number of sulfone groups is 1. The molecule has 1 atom stereocenters. The molecule has 1 heterocycles. The summed E-state index contributed by atoms with van der Waals surface area (Å²) in [5.74, 6) is 0.350. The number of carbonyl (C=O) groups is 1. The Kier molecular flexibility index (Phi) is 4.56. The molecule has 0 aliphatic carbocycles. The average molecular weight is 359 g/mol. The number of aryl methyl sites for hydroxylation is 1. The van der Waals surface area contributed by atoms with Crippen LogP contribution in [-0.2, 0) is 14.6 Å². The molecule has 3 rings (SSSR count). The van der Waals surface area contributed by atoms with Crippen LogP contribution in [0.2, 0.25) is 0 Å². The highest BCUT2D eigenvalue weighted by Crippen LogP contribution is 2.32. The van der Waals surface area contributed by atoms with Gasteiger partial charge in [0, 0.05) is 25.9 Å². The molecule has 1 N–H and O–H groups in total. The van der Waals surface area contributed by atoms with Crippen molar-refractivity contribution in [3.63, 3.8) is 0 Å². The van der Waals surface area contributed by atoms with Crippen molar-refractivity contribution in [2.75, 3.05) is 13.1 Å². The predicted octanol–water partition coefficient (Wildman–Crippen LogP) is 2.87. The topological polar surface area (TPSA) is 74.7 Å². The number of phenols is 1. The van der Waals surface area contributed by atoms with Crippen LogP contribution in [0.25, 0.3) is 0 Å². The number of likely N-dealkylation sites (tertiary alicyclic amines) is 1. The smallest absolute Gasteiger partial charge is 0.219 e. The minimum absolute atomic E-state index is 0.0294. The third-order valence-corrected chi connectivity index (χ3v) is 6.54. The summed E-state index contributed by atoms with van der Waals surface area (Å²) in [5, 5.41) is 9.33. The lowest BCUT2D eigenvalue weighted by atomic mass is 9.94. The van der Waals surface area contributed by atoms with Crippen molar-refractivity contribution in [1.29, 1.82) is 0 Å². The van der Waals surface area contributed by atoms with Crippen LogP contribution in [0.1, 0.15) is 30.4 Å². The molecule has 5 nitrogen and oxygen atoms in total. The number of benzene rings is 2. The number of nitrogens with zero attached hydrogens (tertiary/aromatic N) is 1. The number of phenolic OH excluding ortho intramolecular Hbond substituents is 1. The first-order valence-electron chi connectivity index (χ1n) is 8.19. The van der Waals surface area contributed by atoms with Gasteiger partial charge in [-0.05, 0) is 60.9 Å². The van der Waals surface area contributed by atoms with Gasteiger partial charge in [-0.15, -0.1) is 0 Å². The van der Waals surface area contributed by atoms with E-state index in [9.17, 15) is 18.3 Å². The van der Waals surface area contributed by atoms with Crippen molar-refractivity contribution < 1.29 is 18.3 Å². The van der Waals surface area contributed by atoms with Crippen LogP contribution in [0.4, 0.5) is 0 Å². The molecule has 0 aromatic heterocycles. The van der Waals surface area contributed by atoms with Crippen molar-refractivity contribution >= 4 is 15.7 Å².